The van der Waals surface area contributed by atoms with Gasteiger partial charge >= 0.3 is 0 Å². The summed E-state index contributed by atoms with van der Waals surface area (Å²) in [7, 11) is 0. The number of hydrogen-bond donors (Lipinski definition) is 0. The molecular weight excluding hydrogens is 170 g/mol. The molecule has 0 heterocycles. The zero-order valence-electron chi connectivity index (χ0n) is 10.2. The van der Waals surface area contributed by atoms with Gasteiger partial charge in [-0.15, -0.1) is 0 Å². The molecule has 0 unspecified atom stereocenters. The van der Waals surface area contributed by atoms with Crippen LogP contribution in [0.2, 0.25) is 0 Å². The summed E-state index contributed by atoms with van der Waals surface area (Å²) in [5.74, 6) is 0. The molecule has 1 radical (unpaired) electrons. The van der Waals surface area contributed by atoms with Gasteiger partial charge in [0.05, 0.1) is 0 Å². The largest absolute Gasteiger partial charge is 0.304 e. The Morgan fingerprint density at radius 1 is 0.857 bits per heavy atom. The van der Waals surface area contributed by atoms with Crippen LogP contribution >= 0.6 is 0 Å². The summed E-state index contributed by atoms with van der Waals surface area (Å²) in [4.78, 5) is 2.51. The van der Waals surface area contributed by atoms with E-state index in [9.17, 15) is 0 Å². The molecule has 0 spiro atoms. The van der Waals surface area contributed by atoms with Gasteiger partial charge in [0, 0.05) is 0 Å². The lowest BCUT2D eigenvalue weighted by molar-refractivity contribution is 0.285. The van der Waals surface area contributed by atoms with E-state index >= 15 is 0 Å². The maximum atomic E-state index is 3.90. The summed E-state index contributed by atoms with van der Waals surface area (Å²) in [5, 5.41) is 0. The molecule has 0 aliphatic rings. The van der Waals surface area contributed by atoms with Gasteiger partial charge in [-0.2, -0.15) is 0 Å². The molecule has 0 aromatic carbocycles. The van der Waals surface area contributed by atoms with Gasteiger partial charge in [0.25, 0.3) is 0 Å². The van der Waals surface area contributed by atoms with Crippen LogP contribution in [0.1, 0.15) is 58.8 Å². The monoisotopic (exact) mass is 198 g/mol. The van der Waals surface area contributed by atoms with E-state index < -0.39 is 0 Å². The van der Waals surface area contributed by atoms with Crippen molar-refractivity contribution in [1.29, 1.82) is 0 Å². The molecule has 0 atom stereocenters. The van der Waals surface area contributed by atoms with Gasteiger partial charge < -0.3 is 4.90 Å². The molecule has 0 saturated carbocycles. The molecule has 0 aromatic heterocycles. The molecule has 0 bridgehead atoms. The summed E-state index contributed by atoms with van der Waals surface area (Å²) in [6.45, 7) is 12.0. The van der Waals surface area contributed by atoms with Gasteiger partial charge in [-0.05, 0) is 32.5 Å². The molecule has 0 aliphatic carbocycles. The molecule has 85 valence electrons. The highest BCUT2D eigenvalue weighted by molar-refractivity contribution is 4.56. The molecule has 0 aromatic rings. The first-order valence-electron chi connectivity index (χ1n) is 6.36. The van der Waals surface area contributed by atoms with Crippen LogP contribution in [-0.2, 0) is 0 Å². The van der Waals surface area contributed by atoms with Crippen LogP contribution < -0.4 is 0 Å². The van der Waals surface area contributed by atoms with Gasteiger partial charge in [-0.1, -0.05) is 52.9 Å². The van der Waals surface area contributed by atoms with Crippen molar-refractivity contribution in [1.82, 2.24) is 4.90 Å². The fraction of sp³-hybridized carbons (Fsp3) is 0.923. The second-order valence-corrected chi connectivity index (χ2v) is 4.06. The van der Waals surface area contributed by atoms with Crippen LogP contribution in [0.3, 0.4) is 0 Å². The normalized spacial score (nSPS) is 11.1. The number of hydrogen-bond acceptors (Lipinski definition) is 1. The molecule has 0 aliphatic heterocycles. The van der Waals surface area contributed by atoms with Crippen LogP contribution in [0.25, 0.3) is 0 Å². The van der Waals surface area contributed by atoms with Crippen molar-refractivity contribution in [2.75, 3.05) is 19.6 Å². The third kappa shape index (κ3) is 8.55. The van der Waals surface area contributed by atoms with Crippen molar-refractivity contribution in [2.24, 2.45) is 0 Å². The Bertz CT molecular complexity index is 101. The highest BCUT2D eigenvalue weighted by Gasteiger charge is 1.99. The first kappa shape index (κ1) is 14.0. The number of unbranched alkanes of at least 4 members (excludes halogenated alkanes) is 5. The van der Waals surface area contributed by atoms with Crippen molar-refractivity contribution in [2.45, 2.75) is 58.8 Å². The zero-order chi connectivity index (χ0) is 10.6. The Hall–Kier alpha value is -0.0400. The lowest BCUT2D eigenvalue weighted by Gasteiger charge is -2.18. The van der Waals surface area contributed by atoms with Gasteiger partial charge in [0.1, 0.15) is 0 Å². The van der Waals surface area contributed by atoms with E-state index in [1.807, 2.05) is 0 Å². The van der Waals surface area contributed by atoms with E-state index in [2.05, 4.69) is 25.7 Å². The summed E-state index contributed by atoms with van der Waals surface area (Å²) < 4.78 is 0. The second-order valence-electron chi connectivity index (χ2n) is 4.06. The first-order valence-corrected chi connectivity index (χ1v) is 6.36. The molecular formula is C13H28N. The van der Waals surface area contributed by atoms with E-state index in [0.717, 1.165) is 6.42 Å². The number of nitrogens with zero attached hydrogens (tertiary/aromatic N) is 1. The number of rotatable bonds is 10. The predicted molar refractivity (Wildman–Crippen MR) is 65.5 cm³/mol. The molecule has 0 N–H and O–H groups in total. The Kier molecular flexibility index (Phi) is 11.0. The molecule has 0 saturated heterocycles. The lowest BCUT2D eigenvalue weighted by atomic mass is 10.1. The third-order valence-corrected chi connectivity index (χ3v) is 2.75. The Morgan fingerprint density at radius 2 is 1.50 bits per heavy atom. The van der Waals surface area contributed by atoms with E-state index in [-0.39, 0.29) is 0 Å². The molecule has 0 fully saturated rings. The highest BCUT2D eigenvalue weighted by atomic mass is 15.1. The van der Waals surface area contributed by atoms with Gasteiger partial charge in [-0.25, -0.2) is 0 Å². The average Bonchev–Trinajstić information content (AvgIpc) is 2.21. The molecule has 1 nitrogen and oxygen atoms in total. The van der Waals surface area contributed by atoms with E-state index in [0.29, 0.717) is 0 Å². The Balaban J connectivity index is 3.15. The van der Waals surface area contributed by atoms with Crippen molar-refractivity contribution in [3.8, 4) is 0 Å². The smallest absolute Gasteiger partial charge is 0.00189 e. The van der Waals surface area contributed by atoms with Crippen LogP contribution in [0, 0.1) is 6.92 Å². The van der Waals surface area contributed by atoms with E-state index in [1.54, 1.807) is 0 Å². The minimum absolute atomic E-state index is 1.05. The lowest BCUT2D eigenvalue weighted by Crippen LogP contribution is -2.25. The fourth-order valence-corrected chi connectivity index (χ4v) is 1.77. The summed E-state index contributed by atoms with van der Waals surface area (Å²) in [6.07, 6.45) is 9.45. The highest BCUT2D eigenvalue weighted by Crippen LogP contribution is 2.05. The summed E-state index contributed by atoms with van der Waals surface area (Å²) >= 11 is 0. The minimum Gasteiger partial charge on any atom is -0.304 e. The van der Waals surface area contributed by atoms with Gasteiger partial charge in [0.2, 0.25) is 0 Å². The van der Waals surface area contributed by atoms with Crippen molar-refractivity contribution in [3.05, 3.63) is 6.92 Å². The standard InChI is InChI=1S/C13H28N/c1-4-7-8-9-10-11-13-14(6-3)12-5-2/h2,4-13H2,1,3H3. The topological polar surface area (TPSA) is 3.24 Å². The fourth-order valence-electron chi connectivity index (χ4n) is 1.77. The third-order valence-electron chi connectivity index (χ3n) is 2.75. The maximum absolute atomic E-state index is 3.90. The predicted octanol–water partition coefficient (Wildman–Crippen LogP) is 3.89. The van der Waals surface area contributed by atoms with Gasteiger partial charge in [0.15, 0.2) is 0 Å². The van der Waals surface area contributed by atoms with E-state index in [4.69, 9.17) is 0 Å². The maximum Gasteiger partial charge on any atom is -0.00189 e. The van der Waals surface area contributed by atoms with Crippen LogP contribution in [-0.4, -0.2) is 24.5 Å². The van der Waals surface area contributed by atoms with E-state index in [1.165, 1.54) is 58.2 Å². The van der Waals surface area contributed by atoms with Crippen molar-refractivity contribution < 1.29 is 0 Å². The Morgan fingerprint density at radius 3 is 2.07 bits per heavy atom. The van der Waals surface area contributed by atoms with Crippen molar-refractivity contribution >= 4 is 0 Å². The van der Waals surface area contributed by atoms with Crippen molar-refractivity contribution in [3.63, 3.8) is 0 Å². The molecule has 14 heavy (non-hydrogen) atoms. The Labute approximate surface area is 90.9 Å². The second kappa shape index (κ2) is 11.0. The zero-order valence-corrected chi connectivity index (χ0v) is 10.2. The first-order chi connectivity index (χ1) is 6.85. The summed E-state index contributed by atoms with van der Waals surface area (Å²) in [5.41, 5.74) is 0. The molecule has 1 heteroatoms. The van der Waals surface area contributed by atoms with Crippen LogP contribution in [0.5, 0.6) is 0 Å². The molecule has 0 rings (SSSR count). The van der Waals surface area contributed by atoms with Crippen LogP contribution in [0.4, 0.5) is 0 Å². The van der Waals surface area contributed by atoms with Crippen LogP contribution in [0.15, 0.2) is 0 Å². The minimum atomic E-state index is 1.05. The average molecular weight is 198 g/mol. The SMILES string of the molecule is [CH2]CCN(CC)CCCCCCCC. The summed E-state index contributed by atoms with van der Waals surface area (Å²) in [6, 6.07) is 0. The quantitative estimate of drug-likeness (QED) is 0.481. The van der Waals surface area contributed by atoms with Gasteiger partial charge in [-0.3, -0.25) is 0 Å². The molecule has 0 amide bonds.